The number of carbonyl (C=O) groups is 2. The summed E-state index contributed by atoms with van der Waals surface area (Å²) in [5, 5.41) is 13.5. The van der Waals surface area contributed by atoms with Crippen molar-refractivity contribution in [2.45, 2.75) is 26.5 Å². The second kappa shape index (κ2) is 5.77. The Balaban J connectivity index is 2.49. The van der Waals surface area contributed by atoms with E-state index in [0.717, 1.165) is 0 Å². The molecule has 1 rings (SSSR count). The third-order valence-corrected chi connectivity index (χ3v) is 2.79. The van der Waals surface area contributed by atoms with Crippen LogP contribution in [0.15, 0.2) is 17.5 Å². The van der Waals surface area contributed by atoms with Gasteiger partial charge in [0, 0.05) is 6.42 Å². The Labute approximate surface area is 98.3 Å². The van der Waals surface area contributed by atoms with Gasteiger partial charge in [0.1, 0.15) is 0 Å². The largest absolute Gasteiger partial charge is 0.367 e. The van der Waals surface area contributed by atoms with Crippen LogP contribution in [0.3, 0.4) is 0 Å². The second-order valence-corrected chi connectivity index (χ2v) is 4.86. The number of Topliss-reactive ketones (excluding diaryl/α,β-unsaturated/α-hetero) is 1. The van der Waals surface area contributed by atoms with E-state index in [9.17, 15) is 14.7 Å². The molecule has 0 spiro atoms. The number of rotatable bonds is 5. The molecule has 1 heterocycles. The van der Waals surface area contributed by atoms with Gasteiger partial charge in [0.05, 0.1) is 4.88 Å². The second-order valence-electron chi connectivity index (χ2n) is 3.91. The van der Waals surface area contributed by atoms with Crippen LogP contribution in [0.1, 0.15) is 29.9 Å². The highest BCUT2D eigenvalue weighted by atomic mass is 32.1. The van der Waals surface area contributed by atoms with E-state index in [0.29, 0.717) is 11.3 Å². The minimum atomic E-state index is -1.44. The first kappa shape index (κ1) is 12.9. The van der Waals surface area contributed by atoms with Crippen LogP contribution in [0.25, 0.3) is 0 Å². The van der Waals surface area contributed by atoms with Gasteiger partial charge in [-0.3, -0.25) is 9.59 Å². The van der Waals surface area contributed by atoms with Crippen molar-refractivity contribution in [2.75, 3.05) is 0 Å². The first-order valence-corrected chi connectivity index (χ1v) is 5.94. The first-order chi connectivity index (χ1) is 7.50. The molecule has 0 radical (unpaired) electrons. The van der Waals surface area contributed by atoms with Gasteiger partial charge in [-0.25, -0.2) is 0 Å². The molecule has 4 nitrogen and oxygen atoms in total. The van der Waals surface area contributed by atoms with Gasteiger partial charge in [-0.2, -0.15) is 0 Å². The molecular formula is C11H15NO3S. The van der Waals surface area contributed by atoms with Crippen molar-refractivity contribution in [3.63, 3.8) is 0 Å². The van der Waals surface area contributed by atoms with Crippen molar-refractivity contribution >= 4 is 23.0 Å². The number of carbonyl (C=O) groups excluding carboxylic acids is 2. The lowest BCUT2D eigenvalue weighted by molar-refractivity contribution is -0.124. The van der Waals surface area contributed by atoms with E-state index in [4.69, 9.17) is 0 Å². The summed E-state index contributed by atoms with van der Waals surface area (Å²) in [4.78, 5) is 23.3. The van der Waals surface area contributed by atoms with Crippen molar-refractivity contribution in [3.8, 4) is 0 Å². The standard InChI is InChI=1S/C11H15NO3S/c1-7(2)6-9(13)12-11(15)10(14)8-4-3-5-16-8/h3-5,7,11,15H,6H2,1-2H3,(H,12,13)/t11-/m0/s1. The molecule has 0 saturated heterocycles. The van der Waals surface area contributed by atoms with E-state index in [1.165, 1.54) is 11.3 Å². The summed E-state index contributed by atoms with van der Waals surface area (Å²) in [6.07, 6.45) is -1.14. The summed E-state index contributed by atoms with van der Waals surface area (Å²) in [5.74, 6) is -0.580. The van der Waals surface area contributed by atoms with Crippen LogP contribution in [0.5, 0.6) is 0 Å². The number of hydrogen-bond acceptors (Lipinski definition) is 4. The van der Waals surface area contributed by atoms with E-state index in [-0.39, 0.29) is 11.8 Å². The van der Waals surface area contributed by atoms with Crippen LogP contribution in [0.4, 0.5) is 0 Å². The van der Waals surface area contributed by atoms with Crippen molar-refractivity contribution in [3.05, 3.63) is 22.4 Å². The van der Waals surface area contributed by atoms with Crippen LogP contribution in [0.2, 0.25) is 0 Å². The fraction of sp³-hybridized carbons (Fsp3) is 0.455. The Hall–Kier alpha value is -1.20. The Morgan fingerprint density at radius 3 is 2.69 bits per heavy atom. The van der Waals surface area contributed by atoms with Crippen molar-refractivity contribution in [1.29, 1.82) is 0 Å². The molecule has 2 N–H and O–H groups in total. The fourth-order valence-corrected chi connectivity index (χ4v) is 1.89. The lowest BCUT2D eigenvalue weighted by Crippen LogP contribution is -2.40. The van der Waals surface area contributed by atoms with Crippen LogP contribution < -0.4 is 5.32 Å². The van der Waals surface area contributed by atoms with Gasteiger partial charge in [0.25, 0.3) is 0 Å². The highest BCUT2D eigenvalue weighted by molar-refractivity contribution is 7.12. The molecule has 1 aromatic heterocycles. The molecule has 0 unspecified atom stereocenters. The molecule has 16 heavy (non-hydrogen) atoms. The highest BCUT2D eigenvalue weighted by Crippen LogP contribution is 2.10. The molecule has 1 aromatic rings. The zero-order valence-electron chi connectivity index (χ0n) is 9.27. The Morgan fingerprint density at radius 1 is 1.50 bits per heavy atom. The zero-order chi connectivity index (χ0) is 12.1. The molecular weight excluding hydrogens is 226 g/mol. The molecule has 0 fully saturated rings. The lowest BCUT2D eigenvalue weighted by atomic mass is 10.1. The molecule has 0 aliphatic carbocycles. The number of amides is 1. The minimum Gasteiger partial charge on any atom is -0.367 e. The number of ketones is 1. The van der Waals surface area contributed by atoms with Crippen molar-refractivity contribution in [2.24, 2.45) is 5.92 Å². The topological polar surface area (TPSA) is 66.4 Å². The average Bonchev–Trinajstić information content (AvgIpc) is 2.67. The number of aliphatic hydroxyl groups is 1. The maximum Gasteiger partial charge on any atom is 0.222 e. The quantitative estimate of drug-likeness (QED) is 0.605. The summed E-state index contributed by atoms with van der Waals surface area (Å²) in [6.45, 7) is 3.79. The van der Waals surface area contributed by atoms with Crippen LogP contribution in [0, 0.1) is 5.92 Å². The van der Waals surface area contributed by atoms with E-state index in [1.807, 2.05) is 13.8 Å². The van der Waals surface area contributed by atoms with Gasteiger partial charge < -0.3 is 10.4 Å². The van der Waals surface area contributed by atoms with Crippen LogP contribution >= 0.6 is 11.3 Å². The SMILES string of the molecule is CC(C)CC(=O)N[C@@H](O)C(=O)c1cccs1. The Bertz CT molecular complexity index is 359. The van der Waals surface area contributed by atoms with Gasteiger partial charge in [-0.05, 0) is 17.4 Å². The Kier molecular flexibility index (Phi) is 4.64. The van der Waals surface area contributed by atoms with Gasteiger partial charge in [-0.1, -0.05) is 19.9 Å². The Morgan fingerprint density at radius 2 is 2.19 bits per heavy atom. The van der Waals surface area contributed by atoms with Gasteiger partial charge in [0.2, 0.25) is 11.7 Å². The van der Waals surface area contributed by atoms with Crippen molar-refractivity contribution in [1.82, 2.24) is 5.32 Å². The van der Waals surface area contributed by atoms with Crippen LogP contribution in [-0.2, 0) is 4.79 Å². The molecule has 0 aliphatic rings. The molecule has 0 aliphatic heterocycles. The molecule has 1 amide bonds. The van der Waals surface area contributed by atoms with Gasteiger partial charge >= 0.3 is 0 Å². The lowest BCUT2D eigenvalue weighted by Gasteiger charge is -2.11. The monoisotopic (exact) mass is 241 g/mol. The molecule has 88 valence electrons. The molecule has 0 saturated carbocycles. The maximum atomic E-state index is 11.6. The van der Waals surface area contributed by atoms with E-state index < -0.39 is 12.0 Å². The van der Waals surface area contributed by atoms with Crippen LogP contribution in [-0.4, -0.2) is 23.0 Å². The average molecular weight is 241 g/mol. The smallest absolute Gasteiger partial charge is 0.222 e. The summed E-state index contributed by atoms with van der Waals surface area (Å²) < 4.78 is 0. The molecule has 1 atom stereocenters. The van der Waals surface area contributed by atoms with Gasteiger partial charge in [-0.15, -0.1) is 11.3 Å². The molecule has 0 bridgehead atoms. The minimum absolute atomic E-state index is 0.198. The number of aliphatic hydroxyl groups excluding tert-OH is 1. The van der Waals surface area contributed by atoms with Gasteiger partial charge in [0.15, 0.2) is 6.23 Å². The third-order valence-electron chi connectivity index (χ3n) is 1.90. The molecule has 0 aromatic carbocycles. The summed E-state index contributed by atoms with van der Waals surface area (Å²) in [6, 6.07) is 3.34. The zero-order valence-corrected chi connectivity index (χ0v) is 10.1. The summed E-state index contributed by atoms with van der Waals surface area (Å²) in [5.41, 5.74) is 0. The number of nitrogens with one attached hydrogen (secondary N) is 1. The number of hydrogen-bond donors (Lipinski definition) is 2. The summed E-state index contributed by atoms with van der Waals surface area (Å²) >= 11 is 1.24. The van der Waals surface area contributed by atoms with E-state index in [1.54, 1.807) is 17.5 Å². The predicted octanol–water partition coefficient (Wildman–Crippen LogP) is 1.41. The molecule has 5 heteroatoms. The predicted molar refractivity (Wildman–Crippen MR) is 62.3 cm³/mol. The van der Waals surface area contributed by atoms with E-state index >= 15 is 0 Å². The normalized spacial score (nSPS) is 12.5. The third kappa shape index (κ3) is 3.75. The first-order valence-electron chi connectivity index (χ1n) is 5.06. The van der Waals surface area contributed by atoms with E-state index in [2.05, 4.69) is 5.32 Å². The summed E-state index contributed by atoms with van der Waals surface area (Å²) in [7, 11) is 0. The number of thiophene rings is 1. The fourth-order valence-electron chi connectivity index (χ4n) is 1.20. The highest BCUT2D eigenvalue weighted by Gasteiger charge is 2.20. The van der Waals surface area contributed by atoms with Crippen molar-refractivity contribution < 1.29 is 14.7 Å². The maximum absolute atomic E-state index is 11.6.